The van der Waals surface area contributed by atoms with Crippen molar-refractivity contribution in [1.29, 1.82) is 0 Å². The Labute approximate surface area is 119 Å². The fraction of sp³-hybridized carbons (Fsp3) is 0.250. The summed E-state index contributed by atoms with van der Waals surface area (Å²) >= 11 is 0. The van der Waals surface area contributed by atoms with Gasteiger partial charge in [0.2, 0.25) is 0 Å². The predicted molar refractivity (Wildman–Crippen MR) is 82.0 cm³/mol. The van der Waals surface area contributed by atoms with E-state index in [1.165, 1.54) is 0 Å². The Kier molecular flexibility index (Phi) is 3.74. The van der Waals surface area contributed by atoms with E-state index in [1.54, 1.807) is 12.1 Å². The molecule has 1 heterocycles. The number of pyridine rings is 1. The van der Waals surface area contributed by atoms with Gasteiger partial charge in [0, 0.05) is 5.69 Å². The van der Waals surface area contributed by atoms with Crippen LogP contribution in [0.2, 0.25) is 0 Å². The summed E-state index contributed by atoms with van der Waals surface area (Å²) in [5.74, 6) is -0.185. The standard InChI is InChI=1S/C16H19N3O/c1-9-5-8-14(17)15(11(9)3)19-16(20)13-7-6-10(2)18-12(13)4/h5-8H,17H2,1-4H3,(H,19,20). The number of benzene rings is 1. The van der Waals surface area contributed by atoms with Crippen molar-refractivity contribution in [3.63, 3.8) is 0 Å². The van der Waals surface area contributed by atoms with E-state index in [-0.39, 0.29) is 5.91 Å². The minimum Gasteiger partial charge on any atom is -0.397 e. The van der Waals surface area contributed by atoms with Gasteiger partial charge in [-0.05, 0) is 57.0 Å². The van der Waals surface area contributed by atoms with Gasteiger partial charge in [-0.3, -0.25) is 9.78 Å². The summed E-state index contributed by atoms with van der Waals surface area (Å²) in [6.45, 7) is 7.66. The molecule has 0 atom stereocenters. The smallest absolute Gasteiger partial charge is 0.257 e. The number of amides is 1. The molecule has 4 nitrogen and oxygen atoms in total. The molecule has 1 aromatic heterocycles. The normalized spacial score (nSPS) is 10.4. The van der Waals surface area contributed by atoms with Gasteiger partial charge in [-0.25, -0.2) is 0 Å². The molecule has 4 heteroatoms. The number of aryl methyl sites for hydroxylation is 3. The SMILES string of the molecule is Cc1ccc(C(=O)Nc2c(N)ccc(C)c2C)c(C)n1. The second kappa shape index (κ2) is 5.33. The molecule has 0 saturated heterocycles. The first-order valence-electron chi connectivity index (χ1n) is 6.51. The van der Waals surface area contributed by atoms with Crippen LogP contribution in [0.5, 0.6) is 0 Å². The summed E-state index contributed by atoms with van der Waals surface area (Å²) in [6, 6.07) is 7.36. The summed E-state index contributed by atoms with van der Waals surface area (Å²) < 4.78 is 0. The lowest BCUT2D eigenvalue weighted by Gasteiger charge is -2.14. The van der Waals surface area contributed by atoms with E-state index in [0.29, 0.717) is 22.6 Å². The molecule has 0 aliphatic carbocycles. The van der Waals surface area contributed by atoms with E-state index in [9.17, 15) is 4.79 Å². The van der Waals surface area contributed by atoms with Gasteiger partial charge in [-0.1, -0.05) is 6.07 Å². The van der Waals surface area contributed by atoms with Crippen molar-refractivity contribution in [2.45, 2.75) is 27.7 Å². The van der Waals surface area contributed by atoms with Crippen LogP contribution in [0, 0.1) is 27.7 Å². The van der Waals surface area contributed by atoms with E-state index in [0.717, 1.165) is 16.8 Å². The summed E-state index contributed by atoms with van der Waals surface area (Å²) in [4.78, 5) is 16.7. The second-order valence-corrected chi connectivity index (χ2v) is 5.01. The van der Waals surface area contributed by atoms with Crippen molar-refractivity contribution in [2.75, 3.05) is 11.1 Å². The average molecular weight is 269 g/mol. The van der Waals surface area contributed by atoms with E-state index >= 15 is 0 Å². The first-order valence-corrected chi connectivity index (χ1v) is 6.51. The van der Waals surface area contributed by atoms with Crippen molar-refractivity contribution >= 4 is 17.3 Å². The number of nitrogens with zero attached hydrogens (tertiary/aromatic N) is 1. The number of rotatable bonds is 2. The van der Waals surface area contributed by atoms with Crippen molar-refractivity contribution in [2.24, 2.45) is 0 Å². The number of aromatic nitrogens is 1. The van der Waals surface area contributed by atoms with Crippen molar-refractivity contribution in [3.05, 3.63) is 52.3 Å². The van der Waals surface area contributed by atoms with Crippen molar-refractivity contribution in [3.8, 4) is 0 Å². The van der Waals surface area contributed by atoms with Crippen LogP contribution in [0.3, 0.4) is 0 Å². The number of anilines is 2. The first-order chi connectivity index (χ1) is 9.40. The lowest BCUT2D eigenvalue weighted by molar-refractivity contribution is 0.102. The maximum absolute atomic E-state index is 12.4. The minimum absolute atomic E-state index is 0.185. The van der Waals surface area contributed by atoms with Crippen LogP contribution >= 0.6 is 0 Å². The second-order valence-electron chi connectivity index (χ2n) is 5.01. The van der Waals surface area contributed by atoms with Gasteiger partial charge in [0.25, 0.3) is 5.91 Å². The van der Waals surface area contributed by atoms with E-state index in [4.69, 9.17) is 5.73 Å². The van der Waals surface area contributed by atoms with E-state index < -0.39 is 0 Å². The molecule has 0 fully saturated rings. The third kappa shape index (κ3) is 2.64. The third-order valence-electron chi connectivity index (χ3n) is 3.48. The van der Waals surface area contributed by atoms with Gasteiger partial charge >= 0.3 is 0 Å². The summed E-state index contributed by atoms with van der Waals surface area (Å²) in [5.41, 5.74) is 11.4. The number of hydrogen-bond donors (Lipinski definition) is 2. The summed E-state index contributed by atoms with van der Waals surface area (Å²) in [7, 11) is 0. The highest BCUT2D eigenvalue weighted by molar-refractivity contribution is 6.07. The quantitative estimate of drug-likeness (QED) is 0.823. The maximum atomic E-state index is 12.4. The fourth-order valence-electron chi connectivity index (χ4n) is 2.11. The monoisotopic (exact) mass is 269 g/mol. The zero-order valence-electron chi connectivity index (χ0n) is 12.2. The van der Waals surface area contributed by atoms with E-state index in [1.807, 2.05) is 39.8 Å². The Bertz CT molecular complexity index is 678. The Hall–Kier alpha value is -2.36. The minimum atomic E-state index is -0.185. The molecular formula is C16H19N3O. The Morgan fingerprint density at radius 2 is 1.80 bits per heavy atom. The number of nitrogens with one attached hydrogen (secondary N) is 1. The molecule has 2 aromatic rings. The summed E-state index contributed by atoms with van der Waals surface area (Å²) in [6.07, 6.45) is 0. The van der Waals surface area contributed by atoms with Crippen molar-refractivity contribution in [1.82, 2.24) is 4.98 Å². The van der Waals surface area contributed by atoms with Crippen molar-refractivity contribution < 1.29 is 4.79 Å². The number of nitrogens with two attached hydrogens (primary N) is 1. The topological polar surface area (TPSA) is 68.0 Å². The van der Waals surface area contributed by atoms with Gasteiger partial charge in [0.05, 0.1) is 22.6 Å². The van der Waals surface area contributed by atoms with Crippen LogP contribution in [0.4, 0.5) is 11.4 Å². The van der Waals surface area contributed by atoms with Crippen LogP contribution in [0.25, 0.3) is 0 Å². The number of nitrogen functional groups attached to an aromatic ring is 1. The number of carbonyl (C=O) groups is 1. The molecule has 1 amide bonds. The molecule has 0 radical (unpaired) electrons. The fourth-order valence-corrected chi connectivity index (χ4v) is 2.11. The molecule has 1 aromatic carbocycles. The van der Waals surface area contributed by atoms with Crippen LogP contribution in [-0.2, 0) is 0 Å². The molecule has 0 aliphatic rings. The highest BCUT2D eigenvalue weighted by Crippen LogP contribution is 2.26. The van der Waals surface area contributed by atoms with E-state index in [2.05, 4.69) is 10.3 Å². The molecule has 0 saturated carbocycles. The van der Waals surface area contributed by atoms with Crippen LogP contribution in [0.15, 0.2) is 24.3 Å². The summed E-state index contributed by atoms with van der Waals surface area (Å²) in [5, 5.41) is 2.89. The number of hydrogen-bond acceptors (Lipinski definition) is 3. The molecular weight excluding hydrogens is 250 g/mol. The Balaban J connectivity index is 2.35. The molecule has 0 bridgehead atoms. The maximum Gasteiger partial charge on any atom is 0.257 e. The molecule has 0 spiro atoms. The highest BCUT2D eigenvalue weighted by atomic mass is 16.1. The largest absolute Gasteiger partial charge is 0.397 e. The number of carbonyl (C=O) groups excluding carboxylic acids is 1. The Morgan fingerprint density at radius 1 is 1.10 bits per heavy atom. The van der Waals surface area contributed by atoms with Gasteiger partial charge in [-0.2, -0.15) is 0 Å². The molecule has 104 valence electrons. The van der Waals surface area contributed by atoms with Gasteiger partial charge < -0.3 is 11.1 Å². The highest BCUT2D eigenvalue weighted by Gasteiger charge is 2.14. The Morgan fingerprint density at radius 3 is 2.45 bits per heavy atom. The molecule has 0 aliphatic heterocycles. The molecule has 3 N–H and O–H groups in total. The molecule has 0 unspecified atom stereocenters. The lowest BCUT2D eigenvalue weighted by atomic mass is 10.1. The van der Waals surface area contributed by atoms with Crippen LogP contribution in [-0.4, -0.2) is 10.9 Å². The zero-order valence-corrected chi connectivity index (χ0v) is 12.2. The third-order valence-corrected chi connectivity index (χ3v) is 3.48. The van der Waals surface area contributed by atoms with Crippen LogP contribution in [0.1, 0.15) is 32.9 Å². The van der Waals surface area contributed by atoms with Gasteiger partial charge in [0.15, 0.2) is 0 Å². The van der Waals surface area contributed by atoms with Gasteiger partial charge in [-0.15, -0.1) is 0 Å². The molecule has 2 rings (SSSR count). The first kappa shape index (κ1) is 14.1. The lowest BCUT2D eigenvalue weighted by Crippen LogP contribution is -2.16. The predicted octanol–water partition coefficient (Wildman–Crippen LogP) is 3.15. The van der Waals surface area contributed by atoms with Gasteiger partial charge in [0.1, 0.15) is 0 Å². The van der Waals surface area contributed by atoms with Crippen LogP contribution < -0.4 is 11.1 Å². The average Bonchev–Trinajstić information content (AvgIpc) is 2.39. The molecule has 20 heavy (non-hydrogen) atoms. The zero-order chi connectivity index (χ0) is 14.9.